The van der Waals surface area contributed by atoms with Gasteiger partial charge >= 0.3 is 0 Å². The lowest BCUT2D eigenvalue weighted by Crippen LogP contribution is -2.16. The molecule has 0 amide bonds. The van der Waals surface area contributed by atoms with Crippen LogP contribution in [-0.2, 0) is 10.1 Å². The first kappa shape index (κ1) is 9.91. The molecule has 62 valence electrons. The third kappa shape index (κ3) is 4.76. The van der Waals surface area contributed by atoms with Gasteiger partial charge < -0.3 is 0 Å². The molecule has 0 fully saturated rings. The summed E-state index contributed by atoms with van der Waals surface area (Å²) in [6.45, 7) is 5.66. The van der Waals surface area contributed by atoms with E-state index >= 15 is 0 Å². The van der Waals surface area contributed by atoms with E-state index in [-0.39, 0.29) is 11.7 Å². The van der Waals surface area contributed by atoms with E-state index in [1.807, 2.05) is 13.8 Å². The number of hydrogen-bond donors (Lipinski definition) is 1. The predicted molar refractivity (Wildman–Crippen MR) is 40.4 cm³/mol. The second-order valence-corrected chi connectivity index (χ2v) is 4.47. The minimum absolute atomic E-state index is 0.0231. The summed E-state index contributed by atoms with van der Waals surface area (Å²) in [5.41, 5.74) is 0. The maximum absolute atomic E-state index is 10.3. The highest BCUT2D eigenvalue weighted by atomic mass is 32.2. The molecule has 0 aromatic rings. The zero-order valence-corrected chi connectivity index (χ0v) is 7.35. The summed E-state index contributed by atoms with van der Waals surface area (Å²) < 4.78 is 29.0. The Bertz CT molecular complexity index is 181. The van der Waals surface area contributed by atoms with Gasteiger partial charge in [0.15, 0.2) is 0 Å². The van der Waals surface area contributed by atoms with Crippen molar-refractivity contribution in [2.75, 3.05) is 5.75 Å². The fraction of sp³-hybridized carbons (Fsp3) is 1.00. The molecule has 0 aliphatic heterocycles. The summed E-state index contributed by atoms with van der Waals surface area (Å²) in [7, 11) is -3.77. The normalized spacial score (nSPS) is 15.7. The van der Waals surface area contributed by atoms with Crippen molar-refractivity contribution < 1.29 is 13.0 Å². The first-order valence-corrected chi connectivity index (χ1v) is 4.89. The molecule has 3 nitrogen and oxygen atoms in total. The van der Waals surface area contributed by atoms with E-state index in [0.717, 1.165) is 0 Å². The Balaban J connectivity index is 3.93. The highest BCUT2D eigenvalue weighted by Crippen LogP contribution is 2.10. The van der Waals surface area contributed by atoms with Crippen LogP contribution >= 0.6 is 0 Å². The van der Waals surface area contributed by atoms with Crippen molar-refractivity contribution in [1.82, 2.24) is 0 Å². The zero-order valence-electron chi connectivity index (χ0n) is 6.53. The lowest BCUT2D eigenvalue weighted by Gasteiger charge is -2.12. The van der Waals surface area contributed by atoms with Gasteiger partial charge in [0.05, 0.1) is 5.75 Å². The van der Waals surface area contributed by atoms with E-state index in [4.69, 9.17) is 4.55 Å². The van der Waals surface area contributed by atoms with E-state index in [1.54, 1.807) is 6.92 Å². The van der Waals surface area contributed by atoms with Gasteiger partial charge in [-0.3, -0.25) is 4.55 Å². The van der Waals surface area contributed by atoms with E-state index < -0.39 is 10.1 Å². The molecule has 1 unspecified atom stereocenters. The third-order valence-corrected chi connectivity index (χ3v) is 2.56. The lowest BCUT2D eigenvalue weighted by molar-refractivity contribution is 0.423. The van der Waals surface area contributed by atoms with Gasteiger partial charge in [0.25, 0.3) is 10.1 Å². The highest BCUT2D eigenvalue weighted by Gasteiger charge is 2.14. The van der Waals surface area contributed by atoms with E-state index in [2.05, 4.69) is 0 Å². The van der Waals surface area contributed by atoms with Crippen molar-refractivity contribution in [1.29, 1.82) is 0 Å². The maximum atomic E-state index is 10.3. The summed E-state index contributed by atoms with van der Waals surface area (Å²) >= 11 is 0. The van der Waals surface area contributed by atoms with Crippen LogP contribution in [-0.4, -0.2) is 18.7 Å². The Labute approximate surface area is 62.2 Å². The minimum atomic E-state index is -3.77. The van der Waals surface area contributed by atoms with Gasteiger partial charge in [-0.2, -0.15) is 8.42 Å². The topological polar surface area (TPSA) is 54.4 Å². The van der Waals surface area contributed by atoms with Crippen LogP contribution in [0.3, 0.4) is 0 Å². The molecular weight excluding hydrogens is 152 g/mol. The predicted octanol–water partition coefficient (Wildman–Crippen LogP) is 1.17. The van der Waals surface area contributed by atoms with Crippen LogP contribution in [0.5, 0.6) is 0 Å². The van der Waals surface area contributed by atoms with Gasteiger partial charge in [-0.1, -0.05) is 20.8 Å². The van der Waals surface area contributed by atoms with Gasteiger partial charge in [0.1, 0.15) is 0 Å². The van der Waals surface area contributed by atoms with Crippen LogP contribution in [0.4, 0.5) is 0 Å². The minimum Gasteiger partial charge on any atom is -0.286 e. The lowest BCUT2D eigenvalue weighted by atomic mass is 10.0. The van der Waals surface area contributed by atoms with Gasteiger partial charge in [-0.15, -0.1) is 0 Å². The summed E-state index contributed by atoms with van der Waals surface area (Å²) in [5.74, 6) is 0.182. The molecule has 0 spiro atoms. The molecular formula is C6H14O3S. The van der Waals surface area contributed by atoms with Gasteiger partial charge in [0, 0.05) is 0 Å². The Hall–Kier alpha value is -0.0900. The molecule has 0 bridgehead atoms. The SMILES string of the molecule is CC(C)C(C)CS(=O)(=O)O. The van der Waals surface area contributed by atoms with Crippen LogP contribution in [0.15, 0.2) is 0 Å². The monoisotopic (exact) mass is 166 g/mol. The van der Waals surface area contributed by atoms with Crippen LogP contribution in [0.1, 0.15) is 20.8 Å². The Morgan fingerprint density at radius 3 is 1.80 bits per heavy atom. The molecule has 1 N–H and O–H groups in total. The highest BCUT2D eigenvalue weighted by molar-refractivity contribution is 7.85. The Morgan fingerprint density at radius 1 is 1.30 bits per heavy atom. The zero-order chi connectivity index (χ0) is 8.36. The number of hydrogen-bond acceptors (Lipinski definition) is 2. The largest absolute Gasteiger partial charge is 0.286 e. The maximum Gasteiger partial charge on any atom is 0.265 e. The third-order valence-electron chi connectivity index (χ3n) is 1.61. The Kier molecular flexibility index (Phi) is 3.31. The van der Waals surface area contributed by atoms with E-state index in [0.29, 0.717) is 5.92 Å². The molecule has 0 saturated heterocycles. The first-order valence-electron chi connectivity index (χ1n) is 3.28. The summed E-state index contributed by atoms with van der Waals surface area (Å²) in [5, 5.41) is 0. The fourth-order valence-corrected chi connectivity index (χ4v) is 1.57. The van der Waals surface area contributed by atoms with Crippen molar-refractivity contribution in [3.63, 3.8) is 0 Å². The molecule has 10 heavy (non-hydrogen) atoms. The molecule has 0 radical (unpaired) electrons. The quantitative estimate of drug-likeness (QED) is 0.640. The molecule has 0 rings (SSSR count). The van der Waals surface area contributed by atoms with Crippen molar-refractivity contribution in [2.45, 2.75) is 20.8 Å². The first-order chi connectivity index (χ1) is 4.33. The molecule has 0 saturated carbocycles. The van der Waals surface area contributed by atoms with Crippen molar-refractivity contribution >= 4 is 10.1 Å². The molecule has 4 heteroatoms. The summed E-state index contributed by atoms with van der Waals surface area (Å²) in [4.78, 5) is 0. The second-order valence-electron chi connectivity index (χ2n) is 2.97. The van der Waals surface area contributed by atoms with E-state index in [1.165, 1.54) is 0 Å². The van der Waals surface area contributed by atoms with Crippen LogP contribution in [0.25, 0.3) is 0 Å². The smallest absolute Gasteiger partial charge is 0.265 e. The standard InChI is InChI=1S/C6H14O3S/c1-5(2)6(3)4-10(7,8)9/h5-6H,4H2,1-3H3,(H,7,8,9). The summed E-state index contributed by atoms with van der Waals surface area (Å²) in [6.07, 6.45) is 0. The van der Waals surface area contributed by atoms with Gasteiger partial charge in [-0.05, 0) is 11.8 Å². The van der Waals surface area contributed by atoms with Gasteiger partial charge in [-0.25, -0.2) is 0 Å². The van der Waals surface area contributed by atoms with Crippen molar-refractivity contribution in [3.8, 4) is 0 Å². The second kappa shape index (κ2) is 3.34. The van der Waals surface area contributed by atoms with Crippen LogP contribution in [0, 0.1) is 11.8 Å². The number of rotatable bonds is 3. The molecule has 0 aromatic carbocycles. The van der Waals surface area contributed by atoms with Crippen molar-refractivity contribution in [3.05, 3.63) is 0 Å². The van der Waals surface area contributed by atoms with Crippen molar-refractivity contribution in [2.24, 2.45) is 11.8 Å². The molecule has 0 aliphatic rings. The van der Waals surface area contributed by atoms with Gasteiger partial charge in [0.2, 0.25) is 0 Å². The average molecular weight is 166 g/mol. The molecule has 0 aliphatic carbocycles. The molecule has 1 atom stereocenters. The van der Waals surface area contributed by atoms with Crippen LogP contribution < -0.4 is 0 Å². The molecule has 0 aromatic heterocycles. The summed E-state index contributed by atoms with van der Waals surface area (Å²) in [6, 6.07) is 0. The van der Waals surface area contributed by atoms with E-state index in [9.17, 15) is 8.42 Å². The fourth-order valence-electron chi connectivity index (χ4n) is 0.525. The average Bonchev–Trinajstić information content (AvgIpc) is 1.60. The van der Waals surface area contributed by atoms with Crippen LogP contribution in [0.2, 0.25) is 0 Å². The Morgan fingerprint density at radius 2 is 1.70 bits per heavy atom. The molecule has 0 heterocycles.